The smallest absolute Gasteiger partial charge is 0.253 e. The molecule has 0 aliphatic carbocycles. The molecule has 0 saturated heterocycles. The molecule has 2 rings (SSSR count). The van der Waals surface area contributed by atoms with Crippen LogP contribution in [0.1, 0.15) is 42.3 Å². The zero-order valence-corrected chi connectivity index (χ0v) is 19.1. The molecular weight excluding hydrogens is 402 g/mol. The molecule has 0 atom stereocenters. The van der Waals surface area contributed by atoms with Crippen molar-refractivity contribution < 1.29 is 18.0 Å². The van der Waals surface area contributed by atoms with Crippen molar-refractivity contribution >= 4 is 33.2 Å². The van der Waals surface area contributed by atoms with E-state index in [0.717, 1.165) is 21.7 Å². The summed E-state index contributed by atoms with van der Waals surface area (Å²) in [6.07, 6.45) is 1.07. The Bertz CT molecular complexity index is 1040. The predicted molar refractivity (Wildman–Crippen MR) is 120 cm³/mol. The molecule has 0 bridgehead atoms. The molecule has 162 valence electrons. The van der Waals surface area contributed by atoms with Gasteiger partial charge in [0.1, 0.15) is 6.54 Å². The van der Waals surface area contributed by atoms with Gasteiger partial charge in [-0.2, -0.15) is 0 Å². The maximum absolute atomic E-state index is 12.8. The van der Waals surface area contributed by atoms with Gasteiger partial charge in [0.25, 0.3) is 5.91 Å². The van der Waals surface area contributed by atoms with Crippen LogP contribution in [0.3, 0.4) is 0 Å². The van der Waals surface area contributed by atoms with Crippen molar-refractivity contribution in [2.45, 2.75) is 40.2 Å². The largest absolute Gasteiger partial charge is 0.347 e. The molecule has 0 aliphatic heterocycles. The van der Waals surface area contributed by atoms with E-state index in [9.17, 15) is 18.0 Å². The van der Waals surface area contributed by atoms with Crippen LogP contribution in [0.5, 0.6) is 0 Å². The Balaban J connectivity index is 2.31. The summed E-state index contributed by atoms with van der Waals surface area (Å²) in [5, 5.41) is 5.54. The fraction of sp³-hybridized carbons (Fsp3) is 0.364. The molecule has 2 aromatic carbocycles. The summed E-state index contributed by atoms with van der Waals surface area (Å²) in [5.74, 6) is -0.868. The predicted octanol–water partition coefficient (Wildman–Crippen LogP) is 3.24. The molecule has 30 heavy (non-hydrogen) atoms. The van der Waals surface area contributed by atoms with E-state index in [0.29, 0.717) is 16.9 Å². The van der Waals surface area contributed by atoms with Crippen LogP contribution in [-0.2, 0) is 14.8 Å². The van der Waals surface area contributed by atoms with Crippen molar-refractivity contribution in [3.63, 3.8) is 0 Å². The van der Waals surface area contributed by atoms with Crippen LogP contribution >= 0.6 is 0 Å². The monoisotopic (exact) mass is 431 g/mol. The first-order valence-electron chi connectivity index (χ1n) is 9.55. The number of amides is 2. The minimum atomic E-state index is -3.71. The molecule has 0 heterocycles. The minimum Gasteiger partial charge on any atom is -0.347 e. The van der Waals surface area contributed by atoms with Crippen LogP contribution in [-0.4, -0.2) is 38.6 Å². The number of sulfonamides is 1. The molecular formula is C22H29N3O4S. The van der Waals surface area contributed by atoms with Gasteiger partial charge in [0, 0.05) is 5.54 Å². The highest BCUT2D eigenvalue weighted by molar-refractivity contribution is 7.92. The number of carbonyl (C=O) groups excluding carboxylic acids is 2. The van der Waals surface area contributed by atoms with Gasteiger partial charge in [-0.25, -0.2) is 8.42 Å². The Kier molecular flexibility index (Phi) is 6.92. The lowest BCUT2D eigenvalue weighted by molar-refractivity contribution is -0.114. The highest BCUT2D eigenvalue weighted by atomic mass is 32.2. The number of hydrogen-bond acceptors (Lipinski definition) is 4. The third-order valence-electron chi connectivity index (χ3n) is 4.31. The highest BCUT2D eigenvalue weighted by Gasteiger charge is 2.25. The summed E-state index contributed by atoms with van der Waals surface area (Å²) in [6.45, 7) is 8.77. The lowest BCUT2D eigenvalue weighted by Crippen LogP contribution is -2.41. The number of rotatable bonds is 6. The van der Waals surface area contributed by atoms with Gasteiger partial charge in [-0.15, -0.1) is 0 Å². The second-order valence-electron chi connectivity index (χ2n) is 8.31. The fourth-order valence-corrected chi connectivity index (χ4v) is 4.05. The van der Waals surface area contributed by atoms with E-state index in [1.807, 2.05) is 26.8 Å². The van der Waals surface area contributed by atoms with Crippen molar-refractivity contribution in [2.24, 2.45) is 0 Å². The van der Waals surface area contributed by atoms with Crippen molar-refractivity contribution in [3.8, 4) is 0 Å². The first-order chi connectivity index (χ1) is 13.8. The first-order valence-corrected chi connectivity index (χ1v) is 11.4. The normalized spacial score (nSPS) is 11.7. The molecule has 0 spiro atoms. The minimum absolute atomic E-state index is 0.304. The molecule has 0 unspecified atom stereocenters. The van der Waals surface area contributed by atoms with Gasteiger partial charge in [0.05, 0.1) is 23.2 Å². The molecule has 0 fully saturated rings. The molecule has 0 aliphatic rings. The molecule has 7 nitrogen and oxygen atoms in total. The average molecular weight is 432 g/mol. The Labute approximate surface area is 178 Å². The number of benzene rings is 2. The topological polar surface area (TPSA) is 95.6 Å². The molecule has 2 N–H and O–H groups in total. The van der Waals surface area contributed by atoms with Gasteiger partial charge >= 0.3 is 0 Å². The molecule has 0 radical (unpaired) electrons. The summed E-state index contributed by atoms with van der Waals surface area (Å²) in [6, 6.07) is 12.0. The van der Waals surface area contributed by atoms with E-state index >= 15 is 0 Å². The molecule has 2 amide bonds. The standard InChI is InChI=1S/C22H29N3O4S/c1-15-10-9-11-16(2)20(15)25(30(6,28)29)14-19(26)23-18-13-8-7-12-17(18)21(27)24-22(3,4)5/h7-13H,14H2,1-6H3,(H,23,26)(H,24,27). The number of anilines is 2. The third-order valence-corrected chi connectivity index (χ3v) is 5.42. The van der Waals surface area contributed by atoms with Gasteiger partial charge < -0.3 is 10.6 Å². The van der Waals surface area contributed by atoms with E-state index in [1.54, 1.807) is 50.2 Å². The molecule has 0 saturated carbocycles. The van der Waals surface area contributed by atoms with Crippen molar-refractivity contribution in [2.75, 3.05) is 22.4 Å². The quantitative estimate of drug-likeness (QED) is 0.734. The van der Waals surface area contributed by atoms with E-state index in [1.165, 1.54) is 0 Å². The Morgan fingerprint density at radius 1 is 0.967 bits per heavy atom. The number of aryl methyl sites for hydroxylation is 2. The SMILES string of the molecule is Cc1cccc(C)c1N(CC(=O)Nc1ccccc1C(=O)NC(C)(C)C)S(C)(=O)=O. The van der Waals surface area contributed by atoms with Gasteiger partial charge in [-0.1, -0.05) is 30.3 Å². The van der Waals surface area contributed by atoms with E-state index in [-0.39, 0.29) is 5.91 Å². The number of carbonyl (C=O) groups is 2. The zero-order valence-electron chi connectivity index (χ0n) is 18.2. The summed E-state index contributed by atoms with van der Waals surface area (Å²) in [5.41, 5.74) is 2.16. The van der Waals surface area contributed by atoms with Crippen molar-refractivity contribution in [1.29, 1.82) is 0 Å². The van der Waals surface area contributed by atoms with E-state index in [2.05, 4.69) is 10.6 Å². The van der Waals surface area contributed by atoms with E-state index < -0.39 is 28.0 Å². The second kappa shape index (κ2) is 8.87. The van der Waals surface area contributed by atoms with Gasteiger partial charge in [-0.3, -0.25) is 13.9 Å². The zero-order chi connectivity index (χ0) is 22.7. The van der Waals surface area contributed by atoms with Crippen LogP contribution in [0.25, 0.3) is 0 Å². The highest BCUT2D eigenvalue weighted by Crippen LogP contribution is 2.27. The number of nitrogens with zero attached hydrogens (tertiary/aromatic N) is 1. The van der Waals surface area contributed by atoms with Crippen molar-refractivity contribution in [3.05, 3.63) is 59.2 Å². The number of nitrogens with one attached hydrogen (secondary N) is 2. The lowest BCUT2D eigenvalue weighted by Gasteiger charge is -2.26. The molecule has 2 aromatic rings. The maximum atomic E-state index is 12.8. The second-order valence-corrected chi connectivity index (χ2v) is 10.2. The average Bonchev–Trinajstić information content (AvgIpc) is 2.58. The Hall–Kier alpha value is -2.87. The first kappa shape index (κ1) is 23.4. The Morgan fingerprint density at radius 3 is 2.07 bits per heavy atom. The summed E-state index contributed by atoms with van der Waals surface area (Å²) in [4.78, 5) is 25.4. The molecule has 0 aromatic heterocycles. The van der Waals surface area contributed by atoms with Crippen LogP contribution in [0.15, 0.2) is 42.5 Å². The van der Waals surface area contributed by atoms with Crippen LogP contribution in [0.2, 0.25) is 0 Å². The van der Waals surface area contributed by atoms with Crippen molar-refractivity contribution in [1.82, 2.24) is 5.32 Å². The summed E-state index contributed by atoms with van der Waals surface area (Å²) < 4.78 is 26.0. The van der Waals surface area contributed by atoms with E-state index in [4.69, 9.17) is 0 Å². The van der Waals surface area contributed by atoms with Gasteiger partial charge in [-0.05, 0) is 57.9 Å². The van der Waals surface area contributed by atoms with Crippen LogP contribution in [0.4, 0.5) is 11.4 Å². The van der Waals surface area contributed by atoms with Gasteiger partial charge in [0.15, 0.2) is 0 Å². The lowest BCUT2D eigenvalue weighted by atomic mass is 10.1. The van der Waals surface area contributed by atoms with Crippen LogP contribution < -0.4 is 14.9 Å². The summed E-state index contributed by atoms with van der Waals surface area (Å²) >= 11 is 0. The fourth-order valence-electron chi connectivity index (χ4n) is 3.08. The number of hydrogen-bond donors (Lipinski definition) is 2. The third kappa shape index (κ3) is 6.06. The molecule has 8 heteroatoms. The summed E-state index contributed by atoms with van der Waals surface area (Å²) in [7, 11) is -3.71. The Morgan fingerprint density at radius 2 is 1.53 bits per heavy atom. The number of para-hydroxylation sites is 2. The van der Waals surface area contributed by atoms with Crippen LogP contribution in [0, 0.1) is 13.8 Å². The van der Waals surface area contributed by atoms with Gasteiger partial charge in [0.2, 0.25) is 15.9 Å². The maximum Gasteiger partial charge on any atom is 0.253 e.